The summed E-state index contributed by atoms with van der Waals surface area (Å²) in [6, 6.07) is 52.3. The van der Waals surface area contributed by atoms with Gasteiger partial charge >= 0.3 is 0 Å². The van der Waals surface area contributed by atoms with E-state index in [9.17, 15) is 5.11 Å². The summed E-state index contributed by atoms with van der Waals surface area (Å²) in [6.07, 6.45) is 0. The van der Waals surface area contributed by atoms with Crippen molar-refractivity contribution in [1.29, 1.82) is 0 Å². The monoisotopic (exact) mass is 603 g/mol. The molecule has 0 radical (unpaired) electrons. The largest absolute Gasteiger partial charge is 0.376 e. The summed E-state index contributed by atoms with van der Waals surface area (Å²) in [6.45, 7) is 0. The van der Waals surface area contributed by atoms with Crippen LogP contribution in [0.1, 0.15) is 16.7 Å². The topological polar surface area (TPSA) is 23.5 Å². The van der Waals surface area contributed by atoms with Gasteiger partial charge in [0.2, 0.25) is 0 Å². The molecule has 0 saturated heterocycles. The predicted octanol–water partition coefficient (Wildman–Crippen LogP) is 10.5. The van der Waals surface area contributed by atoms with Crippen LogP contribution in [0.2, 0.25) is 0 Å². The van der Waals surface area contributed by atoms with E-state index >= 15 is 0 Å². The molecule has 0 heterocycles. The highest BCUT2D eigenvalue weighted by Crippen LogP contribution is 2.58. The molecule has 1 atom stereocenters. The lowest BCUT2D eigenvalue weighted by molar-refractivity contribution is 0.131. The molecule has 1 aliphatic carbocycles. The van der Waals surface area contributed by atoms with Crippen molar-refractivity contribution in [3.63, 3.8) is 0 Å². The highest BCUT2D eigenvalue weighted by atomic mass is 79.9. The minimum Gasteiger partial charge on any atom is -0.376 e. The molecule has 0 aliphatic heterocycles. The molecule has 1 aliphatic rings. The number of nitrogens with zero attached hydrogens (tertiary/aromatic N) is 1. The highest BCUT2D eigenvalue weighted by Gasteiger charge is 2.46. The summed E-state index contributed by atoms with van der Waals surface area (Å²) < 4.78 is 0.966. The second-order valence-corrected chi connectivity index (χ2v) is 11.6. The molecule has 7 aromatic rings. The van der Waals surface area contributed by atoms with Crippen LogP contribution in [0.25, 0.3) is 32.7 Å². The van der Waals surface area contributed by atoms with Gasteiger partial charge in [-0.2, -0.15) is 0 Å². The molecular formula is C39H26BrNO. The fourth-order valence-electron chi connectivity index (χ4n) is 6.72. The van der Waals surface area contributed by atoms with Gasteiger partial charge in [-0.25, -0.2) is 0 Å². The SMILES string of the molecule is OC1(c2ccccc2N(c2ccccc2)c2ccccc2)c2ccc3ccccc3c2-c2c1cc(Br)c1ccccc21. The molecule has 0 amide bonds. The molecule has 0 spiro atoms. The Kier molecular flexibility index (Phi) is 5.78. The zero-order valence-electron chi connectivity index (χ0n) is 22.7. The van der Waals surface area contributed by atoms with Gasteiger partial charge in [-0.05, 0) is 69.1 Å². The molecule has 0 aromatic heterocycles. The summed E-state index contributed by atoms with van der Waals surface area (Å²) >= 11 is 3.87. The molecule has 1 N–H and O–H groups in total. The van der Waals surface area contributed by atoms with E-state index < -0.39 is 5.60 Å². The molecule has 8 rings (SSSR count). The molecule has 1 unspecified atom stereocenters. The number of halogens is 1. The third-order valence-electron chi connectivity index (χ3n) is 8.52. The van der Waals surface area contributed by atoms with Crippen LogP contribution in [-0.4, -0.2) is 5.11 Å². The molecule has 42 heavy (non-hydrogen) atoms. The van der Waals surface area contributed by atoms with Gasteiger partial charge in [-0.3, -0.25) is 0 Å². The van der Waals surface area contributed by atoms with Crippen molar-refractivity contribution < 1.29 is 5.11 Å². The second kappa shape index (κ2) is 9.70. The Morgan fingerprint density at radius 1 is 0.476 bits per heavy atom. The number of rotatable bonds is 4. The number of hydrogen-bond acceptors (Lipinski definition) is 2. The second-order valence-electron chi connectivity index (χ2n) is 10.8. The Bertz CT molecular complexity index is 2080. The van der Waals surface area contributed by atoms with Gasteiger partial charge in [0.15, 0.2) is 0 Å². The maximum atomic E-state index is 13.4. The van der Waals surface area contributed by atoms with Crippen molar-refractivity contribution in [3.05, 3.63) is 173 Å². The minimum absolute atomic E-state index is 0.829. The van der Waals surface area contributed by atoms with Crippen molar-refractivity contribution in [1.82, 2.24) is 0 Å². The van der Waals surface area contributed by atoms with Gasteiger partial charge in [-0.15, -0.1) is 0 Å². The average molecular weight is 605 g/mol. The summed E-state index contributed by atoms with van der Waals surface area (Å²) in [7, 11) is 0. The molecule has 0 bridgehead atoms. The average Bonchev–Trinajstić information content (AvgIpc) is 3.31. The molecule has 2 nitrogen and oxygen atoms in total. The Balaban J connectivity index is 1.50. The van der Waals surface area contributed by atoms with Crippen molar-refractivity contribution >= 4 is 54.5 Å². The first-order valence-corrected chi connectivity index (χ1v) is 14.9. The minimum atomic E-state index is -1.40. The third kappa shape index (κ3) is 3.61. The zero-order chi connectivity index (χ0) is 28.3. The number of hydrogen-bond donors (Lipinski definition) is 1. The summed E-state index contributed by atoms with van der Waals surface area (Å²) in [4.78, 5) is 2.24. The molecule has 0 fully saturated rings. The van der Waals surface area contributed by atoms with Crippen LogP contribution in [0.15, 0.2) is 156 Å². The summed E-state index contributed by atoms with van der Waals surface area (Å²) in [5.41, 5.74) is 6.36. The van der Waals surface area contributed by atoms with Gasteiger partial charge in [0.25, 0.3) is 0 Å². The molecule has 200 valence electrons. The van der Waals surface area contributed by atoms with E-state index in [1.807, 2.05) is 18.2 Å². The maximum absolute atomic E-state index is 13.4. The van der Waals surface area contributed by atoms with E-state index in [-0.39, 0.29) is 0 Å². The van der Waals surface area contributed by atoms with Crippen molar-refractivity contribution in [3.8, 4) is 11.1 Å². The lowest BCUT2D eigenvalue weighted by Gasteiger charge is -2.34. The lowest BCUT2D eigenvalue weighted by atomic mass is 9.82. The number of fused-ring (bicyclic) bond motifs is 7. The Morgan fingerprint density at radius 3 is 1.74 bits per heavy atom. The van der Waals surface area contributed by atoms with Gasteiger partial charge in [0, 0.05) is 32.5 Å². The first-order chi connectivity index (χ1) is 20.7. The van der Waals surface area contributed by atoms with E-state index in [4.69, 9.17) is 0 Å². The predicted molar refractivity (Wildman–Crippen MR) is 178 cm³/mol. The van der Waals surface area contributed by atoms with Crippen LogP contribution in [0.4, 0.5) is 17.1 Å². The summed E-state index contributed by atoms with van der Waals surface area (Å²) in [5.74, 6) is 0. The number of anilines is 3. The van der Waals surface area contributed by atoms with Crippen LogP contribution < -0.4 is 4.90 Å². The fourth-order valence-corrected chi connectivity index (χ4v) is 7.29. The first-order valence-electron chi connectivity index (χ1n) is 14.1. The number of benzene rings is 7. The van der Waals surface area contributed by atoms with E-state index in [1.165, 1.54) is 0 Å². The fraction of sp³-hybridized carbons (Fsp3) is 0.0256. The van der Waals surface area contributed by atoms with Crippen molar-refractivity contribution in [2.75, 3.05) is 4.90 Å². The van der Waals surface area contributed by atoms with Crippen LogP contribution in [0.5, 0.6) is 0 Å². The Morgan fingerprint density at radius 2 is 1.02 bits per heavy atom. The van der Waals surface area contributed by atoms with Crippen LogP contribution in [0, 0.1) is 0 Å². The van der Waals surface area contributed by atoms with E-state index in [0.717, 1.165) is 70.9 Å². The van der Waals surface area contributed by atoms with Gasteiger partial charge < -0.3 is 10.0 Å². The van der Waals surface area contributed by atoms with E-state index in [1.54, 1.807) is 0 Å². The zero-order valence-corrected chi connectivity index (χ0v) is 24.3. The molecule has 0 saturated carbocycles. The van der Waals surface area contributed by atoms with Crippen LogP contribution >= 0.6 is 15.9 Å². The van der Waals surface area contributed by atoms with Crippen molar-refractivity contribution in [2.24, 2.45) is 0 Å². The Labute approximate surface area is 253 Å². The normalized spacial score (nSPS) is 15.5. The molecule has 3 heteroatoms. The highest BCUT2D eigenvalue weighted by molar-refractivity contribution is 9.10. The summed E-state index contributed by atoms with van der Waals surface area (Å²) in [5, 5.41) is 17.9. The number of aliphatic hydroxyl groups is 1. The standard InChI is InChI=1S/C39H26BrNO/c40-35-25-34-38(31-20-10-9-19-30(31)35)37-29-18-8-7-13-26(29)23-24-33(37)39(34,42)32-21-11-12-22-36(32)41(27-14-3-1-4-15-27)28-16-5-2-6-17-28/h1-25,42H. The number of para-hydroxylation sites is 3. The third-order valence-corrected chi connectivity index (χ3v) is 9.17. The smallest absolute Gasteiger partial charge is 0.143 e. The van der Waals surface area contributed by atoms with Crippen molar-refractivity contribution in [2.45, 2.75) is 5.60 Å². The quantitative estimate of drug-likeness (QED) is 0.216. The van der Waals surface area contributed by atoms with Crippen LogP contribution in [-0.2, 0) is 5.60 Å². The molecule has 7 aromatic carbocycles. The van der Waals surface area contributed by atoms with Gasteiger partial charge in [0.1, 0.15) is 5.60 Å². The first kappa shape index (κ1) is 25.0. The lowest BCUT2D eigenvalue weighted by Crippen LogP contribution is -2.29. The maximum Gasteiger partial charge on any atom is 0.143 e. The Hall–Kier alpha value is -4.70. The van der Waals surface area contributed by atoms with Gasteiger partial charge in [-0.1, -0.05) is 131 Å². The van der Waals surface area contributed by atoms with E-state index in [2.05, 4.69) is 154 Å². The van der Waals surface area contributed by atoms with Crippen LogP contribution in [0.3, 0.4) is 0 Å². The molecular weight excluding hydrogens is 578 g/mol. The van der Waals surface area contributed by atoms with E-state index in [0.29, 0.717) is 0 Å². The van der Waals surface area contributed by atoms with Gasteiger partial charge in [0.05, 0.1) is 5.69 Å².